The van der Waals surface area contributed by atoms with Crippen molar-refractivity contribution in [2.24, 2.45) is 5.92 Å². The molecule has 11 nitrogen and oxygen atoms in total. The van der Waals surface area contributed by atoms with Crippen molar-refractivity contribution >= 4 is 24.9 Å². The van der Waals surface area contributed by atoms with Gasteiger partial charge in [0.05, 0.1) is 32.3 Å². The van der Waals surface area contributed by atoms with E-state index in [1.54, 1.807) is 24.7 Å². The summed E-state index contributed by atoms with van der Waals surface area (Å²) in [5.74, 6) is 0.440. The van der Waals surface area contributed by atoms with E-state index in [9.17, 15) is 9.46 Å². The number of fused-ring (bicyclic) bond motifs is 1. The SMILES string of the molecule is COc1nc(N)nc2c1ncn2[C@@H]1O[C@H](COP(=O)(O)OC(C)C)C[C@@H]1C. The Morgan fingerprint density at radius 2 is 2.22 bits per heavy atom. The lowest BCUT2D eigenvalue weighted by molar-refractivity contribution is -0.0315. The molecule has 1 aliphatic heterocycles. The lowest BCUT2D eigenvalue weighted by Gasteiger charge is -2.19. The third kappa shape index (κ3) is 4.39. The van der Waals surface area contributed by atoms with Crippen molar-refractivity contribution in [1.82, 2.24) is 19.5 Å². The minimum Gasteiger partial charge on any atom is -0.479 e. The van der Waals surface area contributed by atoms with Crippen molar-refractivity contribution in [3.05, 3.63) is 6.33 Å². The molecule has 3 rings (SSSR count). The summed E-state index contributed by atoms with van der Waals surface area (Å²) in [4.78, 5) is 22.2. The quantitative estimate of drug-likeness (QED) is 0.660. The van der Waals surface area contributed by atoms with Gasteiger partial charge in [-0.25, -0.2) is 9.55 Å². The Kier molecular flexibility index (Phi) is 5.68. The Morgan fingerprint density at radius 1 is 1.48 bits per heavy atom. The van der Waals surface area contributed by atoms with Crippen molar-refractivity contribution in [2.75, 3.05) is 19.5 Å². The molecular formula is C15H24N5O6P. The molecule has 27 heavy (non-hydrogen) atoms. The van der Waals surface area contributed by atoms with Crippen molar-refractivity contribution in [2.45, 2.75) is 45.6 Å². The van der Waals surface area contributed by atoms with Crippen LogP contribution in [0.25, 0.3) is 11.2 Å². The second-order valence-electron chi connectivity index (χ2n) is 6.70. The van der Waals surface area contributed by atoms with E-state index >= 15 is 0 Å². The lowest BCUT2D eigenvalue weighted by Crippen LogP contribution is -2.17. The molecular weight excluding hydrogens is 377 g/mol. The van der Waals surface area contributed by atoms with Gasteiger partial charge in [0.15, 0.2) is 11.2 Å². The maximum Gasteiger partial charge on any atom is 0.472 e. The average molecular weight is 401 g/mol. The molecule has 4 atom stereocenters. The second kappa shape index (κ2) is 7.69. The van der Waals surface area contributed by atoms with E-state index in [0.717, 1.165) is 0 Å². The molecule has 0 radical (unpaired) electrons. The van der Waals surface area contributed by atoms with E-state index in [0.29, 0.717) is 17.6 Å². The number of imidazole rings is 1. The molecule has 2 aromatic heterocycles. The number of phosphoric ester groups is 1. The summed E-state index contributed by atoms with van der Waals surface area (Å²) in [6.07, 6.45) is 1.04. The van der Waals surface area contributed by atoms with Crippen molar-refractivity contribution < 1.29 is 28.0 Å². The molecule has 2 aromatic rings. The number of nitrogen functional groups attached to an aromatic ring is 1. The third-order valence-electron chi connectivity index (χ3n) is 4.10. The van der Waals surface area contributed by atoms with Crippen LogP contribution in [0, 0.1) is 5.92 Å². The summed E-state index contributed by atoms with van der Waals surface area (Å²) in [6, 6.07) is 0. The summed E-state index contributed by atoms with van der Waals surface area (Å²) in [5.41, 5.74) is 6.72. The number of nitrogens with zero attached hydrogens (tertiary/aromatic N) is 4. The highest BCUT2D eigenvalue weighted by atomic mass is 31.2. The van der Waals surface area contributed by atoms with Crippen LogP contribution < -0.4 is 10.5 Å². The van der Waals surface area contributed by atoms with Gasteiger partial charge in [0.1, 0.15) is 6.23 Å². The van der Waals surface area contributed by atoms with Crippen molar-refractivity contribution in [3.63, 3.8) is 0 Å². The van der Waals surface area contributed by atoms with Gasteiger partial charge in [0, 0.05) is 5.92 Å². The van der Waals surface area contributed by atoms with Gasteiger partial charge < -0.3 is 20.1 Å². The largest absolute Gasteiger partial charge is 0.479 e. The van der Waals surface area contributed by atoms with Crippen LogP contribution in [0.1, 0.15) is 33.4 Å². The molecule has 150 valence electrons. The normalized spacial score (nSPS) is 25.2. The maximum absolute atomic E-state index is 11.9. The molecule has 1 fully saturated rings. The Labute approximate surface area is 156 Å². The van der Waals surface area contributed by atoms with Gasteiger partial charge in [-0.05, 0) is 20.3 Å². The van der Waals surface area contributed by atoms with Crippen LogP contribution in [0.5, 0.6) is 5.88 Å². The predicted octanol–water partition coefficient (Wildman–Crippen LogP) is 1.88. The van der Waals surface area contributed by atoms with Crippen molar-refractivity contribution in [3.8, 4) is 5.88 Å². The van der Waals surface area contributed by atoms with Crippen LogP contribution in [-0.2, 0) is 18.3 Å². The molecule has 3 heterocycles. The third-order valence-corrected chi connectivity index (χ3v) is 5.26. The number of phosphoric acid groups is 1. The highest BCUT2D eigenvalue weighted by Gasteiger charge is 2.36. The van der Waals surface area contributed by atoms with E-state index in [-0.39, 0.29) is 36.7 Å². The standard InChI is InChI=1S/C15H24N5O6P/c1-8(2)26-27(21,22)24-6-10-5-9(3)14(25-10)20-7-17-11-12(20)18-15(16)19-13(11)23-4/h7-10,14H,5-6H2,1-4H3,(H,21,22)(H2,16,18,19)/t9-,10-,14+/m0/s1. The fraction of sp³-hybridized carbons (Fsp3) is 0.667. The Hall–Kier alpha value is -1.78. The zero-order chi connectivity index (χ0) is 19.8. The van der Waals surface area contributed by atoms with Gasteiger partial charge in [0.2, 0.25) is 11.8 Å². The van der Waals surface area contributed by atoms with E-state index < -0.39 is 13.9 Å². The van der Waals surface area contributed by atoms with Gasteiger partial charge in [-0.2, -0.15) is 9.97 Å². The van der Waals surface area contributed by atoms with Crippen LogP contribution in [0.3, 0.4) is 0 Å². The molecule has 1 aliphatic rings. The molecule has 12 heteroatoms. The minimum absolute atomic E-state index is 0.0611. The summed E-state index contributed by atoms with van der Waals surface area (Å²) in [5, 5.41) is 0. The maximum atomic E-state index is 11.9. The number of methoxy groups -OCH3 is 1. The highest BCUT2D eigenvalue weighted by molar-refractivity contribution is 7.47. The first kappa shape index (κ1) is 20.0. The van der Waals surface area contributed by atoms with Crippen LogP contribution in [0.15, 0.2) is 6.33 Å². The number of hydrogen-bond donors (Lipinski definition) is 2. The number of aromatic nitrogens is 4. The number of nitrogens with two attached hydrogens (primary N) is 1. The molecule has 1 saturated heterocycles. The van der Waals surface area contributed by atoms with Gasteiger partial charge >= 0.3 is 7.82 Å². The zero-order valence-corrected chi connectivity index (χ0v) is 16.5. The van der Waals surface area contributed by atoms with Crippen LogP contribution in [0.2, 0.25) is 0 Å². The van der Waals surface area contributed by atoms with Gasteiger partial charge in [-0.15, -0.1) is 0 Å². The molecule has 3 N–H and O–H groups in total. The van der Waals surface area contributed by atoms with Crippen LogP contribution in [-0.4, -0.2) is 50.3 Å². The number of anilines is 1. The van der Waals surface area contributed by atoms with Crippen LogP contribution in [0.4, 0.5) is 5.95 Å². The molecule has 0 spiro atoms. The van der Waals surface area contributed by atoms with Gasteiger partial charge in [0.25, 0.3) is 0 Å². The first-order valence-corrected chi connectivity index (χ1v) is 10.0. The highest BCUT2D eigenvalue weighted by Crippen LogP contribution is 2.46. The monoisotopic (exact) mass is 401 g/mol. The lowest BCUT2D eigenvalue weighted by atomic mass is 10.1. The Bertz CT molecular complexity index is 859. The van der Waals surface area contributed by atoms with Gasteiger partial charge in [-0.3, -0.25) is 13.6 Å². The summed E-state index contributed by atoms with van der Waals surface area (Å²) >= 11 is 0. The number of rotatable bonds is 7. The molecule has 0 aliphatic carbocycles. The van der Waals surface area contributed by atoms with Crippen LogP contribution >= 0.6 is 7.82 Å². The predicted molar refractivity (Wildman–Crippen MR) is 96.0 cm³/mol. The fourth-order valence-electron chi connectivity index (χ4n) is 3.07. The fourth-order valence-corrected chi connectivity index (χ4v) is 4.02. The van der Waals surface area contributed by atoms with E-state index in [1.807, 2.05) is 6.92 Å². The first-order chi connectivity index (χ1) is 12.7. The molecule has 0 amide bonds. The Balaban J connectivity index is 1.75. The molecule has 1 unspecified atom stereocenters. The van der Waals surface area contributed by atoms with E-state index in [4.69, 9.17) is 24.3 Å². The first-order valence-electron chi connectivity index (χ1n) is 8.55. The van der Waals surface area contributed by atoms with E-state index in [2.05, 4.69) is 15.0 Å². The van der Waals surface area contributed by atoms with E-state index in [1.165, 1.54) is 7.11 Å². The molecule has 0 bridgehead atoms. The van der Waals surface area contributed by atoms with Gasteiger partial charge in [-0.1, -0.05) is 6.92 Å². The summed E-state index contributed by atoms with van der Waals surface area (Å²) in [6.45, 7) is 5.25. The zero-order valence-electron chi connectivity index (χ0n) is 15.6. The molecule has 0 saturated carbocycles. The smallest absolute Gasteiger partial charge is 0.472 e. The number of hydrogen-bond acceptors (Lipinski definition) is 9. The summed E-state index contributed by atoms with van der Waals surface area (Å²) < 4.78 is 34.8. The minimum atomic E-state index is -4.11. The molecule has 0 aromatic carbocycles. The number of ether oxygens (including phenoxy) is 2. The average Bonchev–Trinajstić information content (AvgIpc) is 3.14. The Morgan fingerprint density at radius 3 is 2.89 bits per heavy atom. The second-order valence-corrected chi connectivity index (χ2v) is 8.10. The van der Waals surface area contributed by atoms with Crippen molar-refractivity contribution in [1.29, 1.82) is 0 Å². The topological polar surface area (TPSA) is 144 Å². The summed E-state index contributed by atoms with van der Waals surface area (Å²) in [7, 11) is -2.63.